The molecule has 3 rings (SSSR count). The number of hydrogen-bond acceptors (Lipinski definition) is 4. The Bertz CT molecular complexity index is 548. The lowest BCUT2D eigenvalue weighted by Gasteiger charge is -2.31. The topological polar surface area (TPSA) is 48.0 Å². The second-order valence-electron chi connectivity index (χ2n) is 6.09. The van der Waals surface area contributed by atoms with E-state index in [4.69, 9.17) is 14.2 Å². The molecular formula is C18H25NO4. The van der Waals surface area contributed by atoms with Gasteiger partial charge in [-0.3, -0.25) is 4.79 Å². The van der Waals surface area contributed by atoms with Gasteiger partial charge in [0.25, 0.3) is 0 Å². The maximum atomic E-state index is 12.8. The predicted octanol–water partition coefficient (Wildman–Crippen LogP) is 2.03. The Balaban J connectivity index is 1.72. The van der Waals surface area contributed by atoms with Gasteiger partial charge in [-0.25, -0.2) is 0 Å². The largest absolute Gasteiger partial charge is 0.497 e. The summed E-state index contributed by atoms with van der Waals surface area (Å²) in [6.07, 6.45) is 2.46. The van der Waals surface area contributed by atoms with Crippen LogP contribution in [0.25, 0.3) is 0 Å². The van der Waals surface area contributed by atoms with Crippen LogP contribution in [0.1, 0.15) is 25.3 Å². The van der Waals surface area contributed by atoms with Crippen molar-refractivity contribution in [2.75, 3.05) is 26.9 Å². The quantitative estimate of drug-likeness (QED) is 0.833. The van der Waals surface area contributed by atoms with Gasteiger partial charge in [-0.15, -0.1) is 0 Å². The van der Waals surface area contributed by atoms with Crippen molar-refractivity contribution in [1.29, 1.82) is 0 Å². The first-order chi connectivity index (χ1) is 11.2. The number of hydrogen-bond donors (Lipinski definition) is 0. The lowest BCUT2D eigenvalue weighted by atomic mass is 10.1. The maximum Gasteiger partial charge on any atom is 0.227 e. The molecule has 1 saturated heterocycles. The zero-order chi connectivity index (χ0) is 16.2. The molecule has 0 spiro atoms. The fourth-order valence-corrected chi connectivity index (χ4v) is 3.67. The minimum atomic E-state index is 0.0109. The van der Waals surface area contributed by atoms with E-state index in [9.17, 15) is 4.79 Å². The van der Waals surface area contributed by atoms with Crippen LogP contribution in [0.5, 0.6) is 5.75 Å². The molecule has 1 saturated carbocycles. The Morgan fingerprint density at radius 1 is 1.39 bits per heavy atom. The van der Waals surface area contributed by atoms with Crippen LogP contribution in [0.15, 0.2) is 24.3 Å². The third-order valence-corrected chi connectivity index (χ3v) is 4.73. The van der Waals surface area contributed by atoms with E-state index in [1.54, 1.807) is 7.11 Å². The first kappa shape index (κ1) is 16.3. The molecule has 5 heteroatoms. The van der Waals surface area contributed by atoms with E-state index in [0.717, 1.165) is 24.2 Å². The normalized spacial score (nSPS) is 26.9. The van der Waals surface area contributed by atoms with E-state index in [2.05, 4.69) is 0 Å². The molecule has 0 radical (unpaired) electrons. The Morgan fingerprint density at radius 3 is 3.04 bits per heavy atom. The Hall–Kier alpha value is -1.59. The summed E-state index contributed by atoms with van der Waals surface area (Å²) < 4.78 is 17.0. The van der Waals surface area contributed by atoms with Gasteiger partial charge in [0.1, 0.15) is 11.9 Å². The molecule has 1 aliphatic carbocycles. The van der Waals surface area contributed by atoms with Crippen LogP contribution in [-0.4, -0.2) is 55.9 Å². The first-order valence-corrected chi connectivity index (χ1v) is 8.38. The monoisotopic (exact) mass is 319 g/mol. The third kappa shape index (κ3) is 3.51. The number of benzene rings is 1. The molecule has 1 aromatic rings. The molecule has 1 aromatic carbocycles. The summed E-state index contributed by atoms with van der Waals surface area (Å²) in [4.78, 5) is 14.8. The van der Waals surface area contributed by atoms with Crippen molar-refractivity contribution in [2.45, 2.75) is 44.4 Å². The van der Waals surface area contributed by atoms with Crippen LogP contribution >= 0.6 is 0 Å². The molecule has 23 heavy (non-hydrogen) atoms. The molecule has 0 aromatic heterocycles. The Morgan fingerprint density at radius 2 is 2.26 bits per heavy atom. The summed E-state index contributed by atoms with van der Waals surface area (Å²) in [5.74, 6) is 0.918. The van der Waals surface area contributed by atoms with Crippen molar-refractivity contribution in [3.63, 3.8) is 0 Å². The predicted molar refractivity (Wildman–Crippen MR) is 86.6 cm³/mol. The van der Waals surface area contributed by atoms with Crippen LogP contribution in [0.2, 0.25) is 0 Å². The van der Waals surface area contributed by atoms with E-state index in [-0.39, 0.29) is 24.2 Å². The van der Waals surface area contributed by atoms with Crippen molar-refractivity contribution in [3.05, 3.63) is 29.8 Å². The third-order valence-electron chi connectivity index (χ3n) is 4.73. The molecule has 5 nitrogen and oxygen atoms in total. The van der Waals surface area contributed by atoms with E-state index in [0.29, 0.717) is 26.2 Å². The van der Waals surface area contributed by atoms with Gasteiger partial charge < -0.3 is 19.1 Å². The highest BCUT2D eigenvalue weighted by atomic mass is 16.5. The first-order valence-electron chi connectivity index (χ1n) is 8.38. The molecule has 126 valence electrons. The van der Waals surface area contributed by atoms with E-state index in [1.165, 1.54) is 0 Å². The summed E-state index contributed by atoms with van der Waals surface area (Å²) >= 11 is 0. The number of carbonyl (C=O) groups is 1. The van der Waals surface area contributed by atoms with E-state index in [1.807, 2.05) is 36.1 Å². The van der Waals surface area contributed by atoms with Crippen molar-refractivity contribution < 1.29 is 19.0 Å². The molecule has 1 aliphatic heterocycles. The molecule has 2 aliphatic rings. The van der Waals surface area contributed by atoms with Crippen molar-refractivity contribution in [1.82, 2.24) is 4.90 Å². The van der Waals surface area contributed by atoms with Gasteiger partial charge >= 0.3 is 0 Å². The highest BCUT2D eigenvalue weighted by Gasteiger charge is 2.44. The number of methoxy groups -OCH3 is 1. The summed E-state index contributed by atoms with van der Waals surface area (Å²) in [6, 6.07) is 7.83. The van der Waals surface area contributed by atoms with Crippen molar-refractivity contribution in [3.8, 4) is 5.75 Å². The van der Waals surface area contributed by atoms with Crippen molar-refractivity contribution >= 4 is 5.91 Å². The molecular weight excluding hydrogens is 294 g/mol. The van der Waals surface area contributed by atoms with Crippen LogP contribution < -0.4 is 4.74 Å². The van der Waals surface area contributed by atoms with Gasteiger partial charge in [0.05, 0.1) is 32.3 Å². The van der Waals surface area contributed by atoms with Gasteiger partial charge in [0, 0.05) is 13.2 Å². The van der Waals surface area contributed by atoms with E-state index < -0.39 is 0 Å². The highest BCUT2D eigenvalue weighted by Crippen LogP contribution is 2.32. The minimum Gasteiger partial charge on any atom is -0.497 e. The highest BCUT2D eigenvalue weighted by molar-refractivity contribution is 5.79. The fraction of sp³-hybridized carbons (Fsp3) is 0.611. The average Bonchev–Trinajstić information content (AvgIpc) is 2.83. The number of fused-ring (bicyclic) bond motifs is 2. The van der Waals surface area contributed by atoms with Crippen LogP contribution in [0, 0.1) is 0 Å². The Kier molecular flexibility index (Phi) is 5.18. The second kappa shape index (κ2) is 7.32. The zero-order valence-electron chi connectivity index (χ0n) is 13.9. The lowest BCUT2D eigenvalue weighted by molar-refractivity contribution is -0.135. The second-order valence-corrected chi connectivity index (χ2v) is 6.09. The Labute approximate surface area is 137 Å². The van der Waals surface area contributed by atoms with Crippen LogP contribution in [-0.2, 0) is 20.7 Å². The maximum absolute atomic E-state index is 12.8. The molecule has 0 N–H and O–H groups in total. The summed E-state index contributed by atoms with van der Waals surface area (Å²) in [5, 5.41) is 0. The van der Waals surface area contributed by atoms with Crippen molar-refractivity contribution in [2.24, 2.45) is 0 Å². The van der Waals surface area contributed by atoms with Gasteiger partial charge in [-0.1, -0.05) is 12.1 Å². The van der Waals surface area contributed by atoms with Gasteiger partial charge in [0.2, 0.25) is 5.91 Å². The zero-order valence-corrected chi connectivity index (χ0v) is 13.9. The van der Waals surface area contributed by atoms with E-state index >= 15 is 0 Å². The molecule has 1 amide bonds. The summed E-state index contributed by atoms with van der Waals surface area (Å²) in [6.45, 7) is 3.88. The fourth-order valence-electron chi connectivity index (χ4n) is 3.67. The summed E-state index contributed by atoms with van der Waals surface area (Å²) in [7, 11) is 1.64. The van der Waals surface area contributed by atoms with Crippen LogP contribution in [0.3, 0.4) is 0 Å². The number of carbonyl (C=O) groups excluding carboxylic acids is 1. The van der Waals surface area contributed by atoms with Gasteiger partial charge in [-0.05, 0) is 37.5 Å². The number of amides is 1. The number of rotatable bonds is 5. The molecule has 1 heterocycles. The molecule has 0 unspecified atom stereocenters. The van der Waals surface area contributed by atoms with Crippen LogP contribution in [0.4, 0.5) is 0 Å². The number of ether oxygens (including phenoxy) is 3. The van der Waals surface area contributed by atoms with Gasteiger partial charge in [-0.2, -0.15) is 0 Å². The standard InChI is InChI=1S/C18H25NO4/c1-3-22-18-15-7-8-16(18)23-10-9-19(15)17(20)12-13-5-4-6-14(11-13)21-2/h4-6,11,15-16,18H,3,7-10,12H2,1-2H3/t15-,16-,18-/m1/s1. The molecule has 2 fully saturated rings. The summed E-state index contributed by atoms with van der Waals surface area (Å²) in [5.41, 5.74) is 0.974. The van der Waals surface area contributed by atoms with Gasteiger partial charge in [0.15, 0.2) is 0 Å². The molecule has 3 atom stereocenters. The lowest BCUT2D eigenvalue weighted by Crippen LogP contribution is -2.47. The SMILES string of the molecule is CCO[C@@H]1[C@H]2CC[C@H]1OCCN2C(=O)Cc1cccc(OC)c1. The smallest absolute Gasteiger partial charge is 0.227 e. The molecule has 2 bridgehead atoms. The number of nitrogens with zero attached hydrogens (tertiary/aromatic N) is 1. The average molecular weight is 319 g/mol. The minimum absolute atomic E-state index is 0.0109.